The second-order valence-corrected chi connectivity index (χ2v) is 3.77. The number of carboxylic acids is 1. The van der Waals surface area contributed by atoms with Crippen LogP contribution in [-0.4, -0.2) is 16.1 Å². The molecule has 2 aromatic rings. The van der Waals surface area contributed by atoms with Gasteiger partial charge in [0, 0.05) is 12.3 Å². The standard InChI is InChI=1S/C12H7ClFNO3/c13-10-2-1-8(6-9(10)12(16)17)18-11-5-7(14)3-4-15-11/h1-6H,(H,16,17). The number of hydrogen-bond acceptors (Lipinski definition) is 3. The van der Waals surface area contributed by atoms with E-state index >= 15 is 0 Å². The van der Waals surface area contributed by atoms with Gasteiger partial charge in [-0.1, -0.05) is 11.6 Å². The number of aromatic carboxylic acids is 1. The van der Waals surface area contributed by atoms with E-state index in [4.69, 9.17) is 21.4 Å². The van der Waals surface area contributed by atoms with Gasteiger partial charge in [0.25, 0.3) is 0 Å². The highest BCUT2D eigenvalue weighted by molar-refractivity contribution is 6.33. The Morgan fingerprint density at radius 2 is 2.11 bits per heavy atom. The van der Waals surface area contributed by atoms with E-state index < -0.39 is 11.8 Å². The minimum atomic E-state index is -1.17. The van der Waals surface area contributed by atoms with Gasteiger partial charge in [-0.3, -0.25) is 0 Å². The molecule has 0 radical (unpaired) electrons. The van der Waals surface area contributed by atoms with Gasteiger partial charge in [0.15, 0.2) is 0 Å². The molecule has 0 aliphatic rings. The van der Waals surface area contributed by atoms with Crippen molar-refractivity contribution in [2.24, 2.45) is 0 Å². The highest BCUT2D eigenvalue weighted by Crippen LogP contribution is 2.25. The Bertz CT molecular complexity index is 604. The maximum Gasteiger partial charge on any atom is 0.337 e. The molecule has 0 saturated heterocycles. The molecular weight excluding hydrogens is 261 g/mol. The Morgan fingerprint density at radius 1 is 1.33 bits per heavy atom. The lowest BCUT2D eigenvalue weighted by Crippen LogP contribution is -1.98. The van der Waals surface area contributed by atoms with Crippen molar-refractivity contribution in [3.8, 4) is 11.6 Å². The minimum Gasteiger partial charge on any atom is -0.478 e. The van der Waals surface area contributed by atoms with E-state index in [2.05, 4.69) is 4.98 Å². The van der Waals surface area contributed by atoms with Crippen LogP contribution in [-0.2, 0) is 0 Å². The zero-order valence-electron chi connectivity index (χ0n) is 8.93. The van der Waals surface area contributed by atoms with Gasteiger partial charge in [-0.15, -0.1) is 0 Å². The van der Waals surface area contributed by atoms with E-state index in [0.29, 0.717) is 0 Å². The molecule has 6 heteroatoms. The summed E-state index contributed by atoms with van der Waals surface area (Å²) < 4.78 is 18.1. The number of carboxylic acid groups (broad SMARTS) is 1. The molecule has 0 spiro atoms. The summed E-state index contributed by atoms with van der Waals surface area (Å²) in [6.45, 7) is 0. The zero-order chi connectivity index (χ0) is 13.1. The molecule has 0 unspecified atom stereocenters. The summed E-state index contributed by atoms with van der Waals surface area (Å²) >= 11 is 5.71. The van der Waals surface area contributed by atoms with Crippen LogP contribution in [0.1, 0.15) is 10.4 Å². The quantitative estimate of drug-likeness (QED) is 0.926. The number of aromatic nitrogens is 1. The number of rotatable bonds is 3. The molecule has 1 N–H and O–H groups in total. The van der Waals surface area contributed by atoms with E-state index in [-0.39, 0.29) is 22.2 Å². The summed E-state index contributed by atoms with van der Waals surface area (Å²) in [4.78, 5) is 14.7. The fourth-order valence-electron chi connectivity index (χ4n) is 1.29. The van der Waals surface area contributed by atoms with Gasteiger partial charge in [0.1, 0.15) is 11.6 Å². The van der Waals surface area contributed by atoms with Gasteiger partial charge >= 0.3 is 5.97 Å². The predicted octanol–water partition coefficient (Wildman–Crippen LogP) is 3.36. The Morgan fingerprint density at radius 3 is 2.78 bits per heavy atom. The van der Waals surface area contributed by atoms with Crippen molar-refractivity contribution in [1.29, 1.82) is 0 Å². The van der Waals surface area contributed by atoms with E-state index in [1.807, 2.05) is 0 Å². The fraction of sp³-hybridized carbons (Fsp3) is 0. The van der Waals surface area contributed by atoms with Crippen molar-refractivity contribution in [3.63, 3.8) is 0 Å². The number of carbonyl (C=O) groups is 1. The zero-order valence-corrected chi connectivity index (χ0v) is 9.69. The van der Waals surface area contributed by atoms with Gasteiger partial charge in [0.05, 0.1) is 10.6 Å². The number of ether oxygens (including phenoxy) is 1. The summed E-state index contributed by atoms with van der Waals surface area (Å²) in [7, 11) is 0. The predicted molar refractivity (Wildman–Crippen MR) is 62.7 cm³/mol. The third-order valence-corrected chi connectivity index (χ3v) is 2.42. The number of nitrogens with zero attached hydrogens (tertiary/aromatic N) is 1. The molecule has 0 aliphatic heterocycles. The molecule has 0 saturated carbocycles. The highest BCUT2D eigenvalue weighted by Gasteiger charge is 2.10. The van der Waals surface area contributed by atoms with Crippen molar-refractivity contribution in [2.45, 2.75) is 0 Å². The third-order valence-electron chi connectivity index (χ3n) is 2.09. The van der Waals surface area contributed by atoms with Crippen LogP contribution in [0.5, 0.6) is 11.6 Å². The van der Waals surface area contributed by atoms with Crippen molar-refractivity contribution >= 4 is 17.6 Å². The van der Waals surface area contributed by atoms with Crippen LogP contribution in [0.4, 0.5) is 4.39 Å². The Hall–Kier alpha value is -2.14. The first-order valence-corrected chi connectivity index (χ1v) is 5.26. The second kappa shape index (κ2) is 5.01. The normalized spacial score (nSPS) is 10.1. The first-order chi connectivity index (χ1) is 8.56. The van der Waals surface area contributed by atoms with E-state index in [9.17, 15) is 9.18 Å². The van der Waals surface area contributed by atoms with Crippen LogP contribution < -0.4 is 4.74 Å². The SMILES string of the molecule is O=C(O)c1cc(Oc2cc(F)ccn2)ccc1Cl. The maximum atomic E-state index is 12.9. The van der Waals surface area contributed by atoms with Gasteiger partial charge in [-0.05, 0) is 24.3 Å². The maximum absolute atomic E-state index is 12.9. The Labute approximate surface area is 107 Å². The highest BCUT2D eigenvalue weighted by atomic mass is 35.5. The average Bonchev–Trinajstić information content (AvgIpc) is 2.31. The second-order valence-electron chi connectivity index (χ2n) is 3.36. The molecule has 2 rings (SSSR count). The lowest BCUT2D eigenvalue weighted by molar-refractivity contribution is 0.0696. The van der Waals surface area contributed by atoms with Crippen LogP contribution in [0.2, 0.25) is 5.02 Å². The lowest BCUT2D eigenvalue weighted by Gasteiger charge is -2.06. The Kier molecular flexibility index (Phi) is 3.43. The molecule has 0 bridgehead atoms. The molecule has 0 fully saturated rings. The molecule has 0 aliphatic carbocycles. The van der Waals surface area contributed by atoms with Crippen LogP contribution in [0.15, 0.2) is 36.5 Å². The van der Waals surface area contributed by atoms with Crippen LogP contribution in [0, 0.1) is 5.82 Å². The van der Waals surface area contributed by atoms with Crippen LogP contribution in [0.3, 0.4) is 0 Å². The number of hydrogen-bond donors (Lipinski definition) is 1. The lowest BCUT2D eigenvalue weighted by atomic mass is 10.2. The monoisotopic (exact) mass is 267 g/mol. The topological polar surface area (TPSA) is 59.4 Å². The smallest absolute Gasteiger partial charge is 0.337 e. The van der Waals surface area contributed by atoms with Crippen molar-refractivity contribution in [3.05, 3.63) is 52.9 Å². The van der Waals surface area contributed by atoms with Crippen molar-refractivity contribution in [2.75, 3.05) is 0 Å². The molecule has 18 heavy (non-hydrogen) atoms. The molecular formula is C12H7ClFNO3. The van der Waals surface area contributed by atoms with Crippen molar-refractivity contribution in [1.82, 2.24) is 4.98 Å². The molecule has 0 amide bonds. The minimum absolute atomic E-state index is 0.0358. The molecule has 1 aromatic carbocycles. The number of halogens is 2. The summed E-state index contributed by atoms with van der Waals surface area (Å²) in [5, 5.41) is 8.98. The van der Waals surface area contributed by atoms with Gasteiger partial charge < -0.3 is 9.84 Å². The largest absolute Gasteiger partial charge is 0.478 e. The van der Waals surface area contributed by atoms with E-state index in [0.717, 1.165) is 6.07 Å². The average molecular weight is 268 g/mol. The van der Waals surface area contributed by atoms with Crippen molar-refractivity contribution < 1.29 is 19.0 Å². The van der Waals surface area contributed by atoms with Gasteiger partial charge in [-0.2, -0.15) is 0 Å². The van der Waals surface area contributed by atoms with Gasteiger partial charge in [-0.25, -0.2) is 14.2 Å². The molecule has 92 valence electrons. The molecule has 0 atom stereocenters. The third kappa shape index (κ3) is 2.75. The summed E-state index contributed by atoms with van der Waals surface area (Å²) in [6, 6.07) is 6.38. The summed E-state index contributed by atoms with van der Waals surface area (Å²) in [5.74, 6) is -1.41. The summed E-state index contributed by atoms with van der Waals surface area (Å²) in [6.07, 6.45) is 1.25. The first-order valence-electron chi connectivity index (χ1n) is 4.88. The fourth-order valence-corrected chi connectivity index (χ4v) is 1.49. The van der Waals surface area contributed by atoms with E-state index in [1.54, 1.807) is 0 Å². The van der Waals surface area contributed by atoms with Crippen LogP contribution >= 0.6 is 11.6 Å². The number of benzene rings is 1. The summed E-state index contributed by atoms with van der Waals surface area (Å²) in [5.41, 5.74) is -0.0921. The van der Waals surface area contributed by atoms with E-state index in [1.165, 1.54) is 30.5 Å². The molecule has 1 heterocycles. The van der Waals surface area contributed by atoms with Gasteiger partial charge in [0.2, 0.25) is 5.88 Å². The number of pyridine rings is 1. The Balaban J connectivity index is 2.30. The molecule has 4 nitrogen and oxygen atoms in total. The molecule has 1 aromatic heterocycles. The first kappa shape index (κ1) is 12.3. The van der Waals surface area contributed by atoms with Crippen LogP contribution in [0.25, 0.3) is 0 Å².